The smallest absolute Gasteiger partial charge is 0.123 e. The zero-order valence-electron chi connectivity index (χ0n) is 15.2. The number of hydrogen-bond acceptors (Lipinski definition) is 2. The molecule has 0 saturated carbocycles. The molecule has 0 spiro atoms. The minimum Gasteiger partial charge on any atom is -0.303 e. The second-order valence-corrected chi connectivity index (χ2v) is 8.57. The summed E-state index contributed by atoms with van der Waals surface area (Å²) in [7, 11) is 0. The minimum atomic E-state index is -0.150. The Morgan fingerprint density at radius 1 is 1.04 bits per heavy atom. The number of likely N-dealkylation sites (tertiary alicyclic amines) is 1. The van der Waals surface area contributed by atoms with Crippen molar-refractivity contribution < 1.29 is 4.39 Å². The number of piperidine rings is 1. The van der Waals surface area contributed by atoms with Gasteiger partial charge in [0.15, 0.2) is 0 Å². The predicted octanol–water partition coefficient (Wildman–Crippen LogP) is 5.75. The second-order valence-electron chi connectivity index (χ2n) is 7.23. The van der Waals surface area contributed by atoms with Gasteiger partial charge in [0, 0.05) is 16.7 Å². The molecule has 1 nitrogen and oxygen atoms in total. The fourth-order valence-electron chi connectivity index (χ4n) is 3.43. The van der Waals surface area contributed by atoms with Crippen LogP contribution in [-0.4, -0.2) is 29.8 Å². The largest absolute Gasteiger partial charge is 0.303 e. The topological polar surface area (TPSA) is 3.24 Å². The van der Waals surface area contributed by atoms with E-state index in [0.29, 0.717) is 5.92 Å². The Morgan fingerprint density at radius 3 is 2.40 bits per heavy atom. The maximum Gasteiger partial charge on any atom is 0.123 e. The molecule has 1 aliphatic rings. The van der Waals surface area contributed by atoms with Gasteiger partial charge in [-0.1, -0.05) is 44.2 Å². The van der Waals surface area contributed by atoms with Crippen molar-refractivity contribution in [1.29, 1.82) is 0 Å². The number of hydrogen-bond donors (Lipinski definition) is 0. The van der Waals surface area contributed by atoms with Gasteiger partial charge in [-0.15, -0.1) is 11.8 Å². The average Bonchev–Trinajstić information content (AvgIpc) is 2.63. The average molecular weight is 358 g/mol. The van der Waals surface area contributed by atoms with Gasteiger partial charge in [-0.25, -0.2) is 4.39 Å². The van der Waals surface area contributed by atoms with Gasteiger partial charge < -0.3 is 4.90 Å². The van der Waals surface area contributed by atoms with Crippen LogP contribution in [0.25, 0.3) is 0 Å². The summed E-state index contributed by atoms with van der Waals surface area (Å²) in [5.41, 5.74) is 2.70. The van der Waals surface area contributed by atoms with E-state index in [2.05, 4.69) is 54.8 Å². The molecule has 1 fully saturated rings. The summed E-state index contributed by atoms with van der Waals surface area (Å²) in [6, 6.07) is 15.8. The summed E-state index contributed by atoms with van der Waals surface area (Å²) in [6.07, 6.45) is 3.51. The first kappa shape index (κ1) is 18.5. The molecule has 0 N–H and O–H groups in total. The summed E-state index contributed by atoms with van der Waals surface area (Å²) in [5, 5.41) is 0.724. The van der Waals surface area contributed by atoms with Gasteiger partial charge >= 0.3 is 0 Å². The van der Waals surface area contributed by atoms with E-state index in [9.17, 15) is 4.39 Å². The van der Waals surface area contributed by atoms with Crippen LogP contribution in [0, 0.1) is 5.82 Å². The molecule has 2 aromatic rings. The Balaban J connectivity index is 1.46. The van der Waals surface area contributed by atoms with Gasteiger partial charge in [-0.2, -0.15) is 0 Å². The first-order chi connectivity index (χ1) is 12.1. The molecule has 3 rings (SSSR count). The minimum absolute atomic E-state index is 0.150. The van der Waals surface area contributed by atoms with Crippen molar-refractivity contribution in [2.45, 2.75) is 49.2 Å². The van der Waals surface area contributed by atoms with Gasteiger partial charge in [-0.3, -0.25) is 0 Å². The van der Waals surface area contributed by atoms with Crippen molar-refractivity contribution in [3.63, 3.8) is 0 Å². The summed E-state index contributed by atoms with van der Waals surface area (Å²) in [4.78, 5) is 4.01. The van der Waals surface area contributed by atoms with Gasteiger partial charge in [-0.05, 0) is 67.6 Å². The van der Waals surface area contributed by atoms with Crippen molar-refractivity contribution >= 4 is 11.8 Å². The van der Waals surface area contributed by atoms with Crippen LogP contribution in [0.15, 0.2) is 53.4 Å². The molecular formula is C22H28FNS. The monoisotopic (exact) mass is 357 g/mol. The number of rotatable bonds is 6. The zero-order valence-corrected chi connectivity index (χ0v) is 16.1. The standard InChI is InChI=1S/C22H28FNS/c1-17(2)21-5-3-4-6-22(21)25-20-12-15-24(16-13-20)14-11-18-7-9-19(23)10-8-18/h3-10,17,20H,11-16H2,1-2H3. The fraction of sp³-hybridized carbons (Fsp3) is 0.455. The Morgan fingerprint density at radius 2 is 1.72 bits per heavy atom. The van der Waals surface area contributed by atoms with E-state index >= 15 is 0 Å². The quantitative estimate of drug-likeness (QED) is 0.648. The SMILES string of the molecule is CC(C)c1ccccc1SC1CCN(CCc2ccc(F)cc2)CC1. The van der Waals surface area contributed by atoms with Crippen LogP contribution in [0.3, 0.4) is 0 Å². The molecule has 25 heavy (non-hydrogen) atoms. The van der Waals surface area contributed by atoms with Crippen LogP contribution >= 0.6 is 11.8 Å². The molecule has 0 amide bonds. The van der Waals surface area contributed by atoms with Gasteiger partial charge in [0.05, 0.1) is 0 Å². The number of nitrogens with zero attached hydrogens (tertiary/aromatic N) is 1. The Labute approximate surface area is 155 Å². The Kier molecular flexibility index (Phi) is 6.55. The molecular weight excluding hydrogens is 329 g/mol. The van der Waals surface area contributed by atoms with Crippen molar-refractivity contribution in [3.8, 4) is 0 Å². The molecule has 2 aromatic carbocycles. The maximum absolute atomic E-state index is 13.0. The van der Waals surface area contributed by atoms with Crippen LogP contribution < -0.4 is 0 Å². The summed E-state index contributed by atoms with van der Waals surface area (Å²) in [5.74, 6) is 0.433. The summed E-state index contributed by atoms with van der Waals surface area (Å²) >= 11 is 2.07. The summed E-state index contributed by atoms with van der Waals surface area (Å²) < 4.78 is 13.0. The van der Waals surface area contributed by atoms with Crippen LogP contribution in [0.1, 0.15) is 43.7 Å². The van der Waals surface area contributed by atoms with Crippen molar-refractivity contribution in [1.82, 2.24) is 4.90 Å². The van der Waals surface area contributed by atoms with Gasteiger partial charge in [0.25, 0.3) is 0 Å². The molecule has 134 valence electrons. The third kappa shape index (κ3) is 5.32. The van der Waals surface area contributed by atoms with Crippen LogP contribution in [0.2, 0.25) is 0 Å². The lowest BCUT2D eigenvalue weighted by molar-refractivity contribution is 0.235. The Bertz CT molecular complexity index is 660. The van der Waals surface area contributed by atoms with E-state index in [-0.39, 0.29) is 5.82 Å². The van der Waals surface area contributed by atoms with Crippen LogP contribution in [0.5, 0.6) is 0 Å². The second kappa shape index (κ2) is 8.86. The Hall–Kier alpha value is -1.32. The zero-order chi connectivity index (χ0) is 17.6. The highest BCUT2D eigenvalue weighted by Crippen LogP contribution is 2.35. The molecule has 0 aromatic heterocycles. The molecule has 3 heteroatoms. The normalized spacial score (nSPS) is 16.5. The maximum atomic E-state index is 13.0. The molecule has 0 aliphatic carbocycles. The first-order valence-electron chi connectivity index (χ1n) is 9.34. The van der Waals surface area contributed by atoms with Gasteiger partial charge in [0.1, 0.15) is 5.82 Å². The van der Waals surface area contributed by atoms with Crippen LogP contribution in [0.4, 0.5) is 4.39 Å². The number of thioether (sulfide) groups is 1. The molecule has 1 aliphatic heterocycles. The van der Waals surface area contributed by atoms with E-state index in [1.165, 1.54) is 42.0 Å². The van der Waals surface area contributed by atoms with E-state index < -0.39 is 0 Å². The molecule has 1 heterocycles. The summed E-state index contributed by atoms with van der Waals surface area (Å²) in [6.45, 7) is 7.96. The number of halogens is 1. The van der Waals surface area contributed by atoms with E-state index in [1.807, 2.05) is 12.1 Å². The van der Waals surface area contributed by atoms with Gasteiger partial charge in [0.2, 0.25) is 0 Å². The van der Waals surface area contributed by atoms with Crippen molar-refractivity contribution in [3.05, 3.63) is 65.5 Å². The highest BCUT2D eigenvalue weighted by molar-refractivity contribution is 8.00. The highest BCUT2D eigenvalue weighted by atomic mass is 32.2. The lowest BCUT2D eigenvalue weighted by Gasteiger charge is -2.32. The van der Waals surface area contributed by atoms with Crippen molar-refractivity contribution in [2.24, 2.45) is 0 Å². The lowest BCUT2D eigenvalue weighted by atomic mass is 10.0. The fourth-order valence-corrected chi connectivity index (χ4v) is 4.84. The molecule has 0 bridgehead atoms. The molecule has 0 unspecified atom stereocenters. The third-order valence-corrected chi connectivity index (χ3v) is 6.43. The lowest BCUT2D eigenvalue weighted by Crippen LogP contribution is -2.36. The molecule has 0 radical (unpaired) electrons. The third-order valence-electron chi connectivity index (χ3n) is 5.00. The predicted molar refractivity (Wildman–Crippen MR) is 106 cm³/mol. The number of benzene rings is 2. The first-order valence-corrected chi connectivity index (χ1v) is 10.2. The molecule has 0 atom stereocenters. The molecule has 1 saturated heterocycles. The van der Waals surface area contributed by atoms with Crippen LogP contribution in [-0.2, 0) is 6.42 Å². The van der Waals surface area contributed by atoms with E-state index in [4.69, 9.17) is 0 Å². The van der Waals surface area contributed by atoms with E-state index in [0.717, 1.165) is 18.2 Å². The highest BCUT2D eigenvalue weighted by Gasteiger charge is 2.21. The van der Waals surface area contributed by atoms with Crippen molar-refractivity contribution in [2.75, 3.05) is 19.6 Å². The van der Waals surface area contributed by atoms with E-state index in [1.54, 1.807) is 12.1 Å².